The van der Waals surface area contributed by atoms with Crippen molar-refractivity contribution in [1.29, 1.82) is 0 Å². The number of methoxy groups -OCH3 is 2. The highest BCUT2D eigenvalue weighted by Gasteiger charge is 2.21. The van der Waals surface area contributed by atoms with Crippen LogP contribution in [-0.2, 0) is 0 Å². The van der Waals surface area contributed by atoms with Gasteiger partial charge in [0, 0.05) is 18.0 Å². The fourth-order valence-electron chi connectivity index (χ4n) is 2.26. The van der Waals surface area contributed by atoms with Crippen molar-refractivity contribution in [3.8, 4) is 11.5 Å². The molecule has 0 spiro atoms. The lowest BCUT2D eigenvalue weighted by Crippen LogP contribution is -2.24. The van der Waals surface area contributed by atoms with Crippen LogP contribution in [0.3, 0.4) is 0 Å². The highest BCUT2D eigenvalue weighted by molar-refractivity contribution is 5.49. The minimum atomic E-state index is -0.0799. The molecule has 0 bridgehead atoms. The van der Waals surface area contributed by atoms with Crippen molar-refractivity contribution in [3.63, 3.8) is 0 Å². The van der Waals surface area contributed by atoms with Crippen LogP contribution in [0.1, 0.15) is 30.6 Å². The van der Waals surface area contributed by atoms with Crippen LogP contribution >= 0.6 is 0 Å². The van der Waals surface area contributed by atoms with Gasteiger partial charge in [0.05, 0.1) is 32.2 Å². The standard InChI is InChI=1S/C16H21N3O2/c1-4-8-19-15(13-11-17-9-10-18-13)12-6-5-7-14(20-2)16(12)21-3/h5-7,9-11,15,19H,4,8H2,1-3H3. The van der Waals surface area contributed by atoms with Gasteiger partial charge in [-0.3, -0.25) is 9.97 Å². The SMILES string of the molecule is CCCNC(c1cnccn1)c1cccc(OC)c1OC. The van der Waals surface area contributed by atoms with Crippen molar-refractivity contribution in [1.82, 2.24) is 15.3 Å². The number of nitrogens with zero attached hydrogens (tertiary/aromatic N) is 2. The van der Waals surface area contributed by atoms with E-state index < -0.39 is 0 Å². The van der Waals surface area contributed by atoms with E-state index in [0.29, 0.717) is 5.75 Å². The van der Waals surface area contributed by atoms with Crippen molar-refractivity contribution in [3.05, 3.63) is 48.0 Å². The first-order chi connectivity index (χ1) is 10.3. The summed E-state index contributed by atoms with van der Waals surface area (Å²) in [5, 5.41) is 3.49. The Morgan fingerprint density at radius 3 is 2.67 bits per heavy atom. The summed E-state index contributed by atoms with van der Waals surface area (Å²) in [7, 11) is 3.29. The molecule has 5 nitrogen and oxygen atoms in total. The van der Waals surface area contributed by atoms with Crippen LogP contribution in [0.5, 0.6) is 11.5 Å². The number of para-hydroxylation sites is 1. The summed E-state index contributed by atoms with van der Waals surface area (Å²) >= 11 is 0. The van der Waals surface area contributed by atoms with Crippen molar-refractivity contribution in [2.24, 2.45) is 0 Å². The molecule has 0 aliphatic rings. The first-order valence-corrected chi connectivity index (χ1v) is 7.02. The van der Waals surface area contributed by atoms with Crippen LogP contribution in [0.15, 0.2) is 36.8 Å². The lowest BCUT2D eigenvalue weighted by atomic mass is 10.0. The summed E-state index contributed by atoms with van der Waals surface area (Å²) in [6.07, 6.45) is 6.17. The Morgan fingerprint density at radius 2 is 2.05 bits per heavy atom. The highest BCUT2D eigenvalue weighted by Crippen LogP contribution is 2.36. The Kier molecular flexibility index (Phi) is 5.51. The highest BCUT2D eigenvalue weighted by atomic mass is 16.5. The molecule has 1 atom stereocenters. The molecular formula is C16H21N3O2. The zero-order valence-electron chi connectivity index (χ0n) is 12.7. The molecular weight excluding hydrogens is 266 g/mol. The van der Waals surface area contributed by atoms with Crippen LogP contribution in [0.4, 0.5) is 0 Å². The molecule has 21 heavy (non-hydrogen) atoms. The average molecular weight is 287 g/mol. The maximum Gasteiger partial charge on any atom is 0.165 e. The Labute approximate surface area is 125 Å². The number of hydrogen-bond acceptors (Lipinski definition) is 5. The molecule has 0 aliphatic heterocycles. The largest absolute Gasteiger partial charge is 0.493 e. The first kappa shape index (κ1) is 15.3. The lowest BCUT2D eigenvalue weighted by Gasteiger charge is -2.21. The van der Waals surface area contributed by atoms with E-state index in [1.54, 1.807) is 32.8 Å². The summed E-state index contributed by atoms with van der Waals surface area (Å²) in [5.41, 5.74) is 1.85. The minimum absolute atomic E-state index is 0.0799. The molecule has 1 unspecified atom stereocenters. The molecule has 0 amide bonds. The number of nitrogens with one attached hydrogen (secondary N) is 1. The molecule has 2 aromatic rings. The van der Waals surface area contributed by atoms with E-state index in [4.69, 9.17) is 9.47 Å². The Hall–Kier alpha value is -2.14. The van der Waals surface area contributed by atoms with Crippen LogP contribution < -0.4 is 14.8 Å². The number of hydrogen-bond donors (Lipinski definition) is 1. The zero-order chi connectivity index (χ0) is 15.1. The fourth-order valence-corrected chi connectivity index (χ4v) is 2.26. The average Bonchev–Trinajstić information content (AvgIpc) is 2.55. The van der Waals surface area contributed by atoms with E-state index >= 15 is 0 Å². The minimum Gasteiger partial charge on any atom is -0.493 e. The van der Waals surface area contributed by atoms with Gasteiger partial charge in [0.1, 0.15) is 0 Å². The fraction of sp³-hybridized carbons (Fsp3) is 0.375. The van der Waals surface area contributed by atoms with Crippen molar-refractivity contribution in [2.75, 3.05) is 20.8 Å². The molecule has 0 saturated heterocycles. The Morgan fingerprint density at radius 1 is 1.19 bits per heavy atom. The normalized spacial score (nSPS) is 12.0. The summed E-state index contributed by atoms with van der Waals surface area (Å²) in [4.78, 5) is 8.58. The third kappa shape index (κ3) is 3.49. The predicted octanol–water partition coefficient (Wildman–Crippen LogP) is 2.58. The number of ether oxygens (including phenoxy) is 2. The lowest BCUT2D eigenvalue weighted by molar-refractivity contribution is 0.348. The maximum atomic E-state index is 5.54. The molecule has 0 saturated carbocycles. The van der Waals surface area contributed by atoms with Gasteiger partial charge in [0.15, 0.2) is 11.5 Å². The summed E-state index contributed by atoms with van der Waals surface area (Å²) in [5.74, 6) is 1.43. The monoisotopic (exact) mass is 287 g/mol. The summed E-state index contributed by atoms with van der Waals surface area (Å²) in [6.45, 7) is 3.01. The third-order valence-corrected chi connectivity index (χ3v) is 3.22. The maximum absolute atomic E-state index is 5.54. The van der Waals surface area contributed by atoms with Crippen molar-refractivity contribution < 1.29 is 9.47 Å². The van der Waals surface area contributed by atoms with Gasteiger partial charge in [-0.05, 0) is 19.0 Å². The van der Waals surface area contributed by atoms with Crippen LogP contribution in [0.2, 0.25) is 0 Å². The van der Waals surface area contributed by atoms with Gasteiger partial charge in [-0.1, -0.05) is 19.1 Å². The quantitative estimate of drug-likeness (QED) is 0.848. The second kappa shape index (κ2) is 7.59. The van der Waals surface area contributed by atoms with Gasteiger partial charge in [0.2, 0.25) is 0 Å². The molecule has 0 aliphatic carbocycles. The molecule has 1 aromatic heterocycles. The van der Waals surface area contributed by atoms with Crippen molar-refractivity contribution in [2.45, 2.75) is 19.4 Å². The van der Waals surface area contributed by atoms with Gasteiger partial charge in [-0.15, -0.1) is 0 Å². The second-order valence-corrected chi connectivity index (χ2v) is 4.60. The molecule has 0 radical (unpaired) electrons. The van der Waals surface area contributed by atoms with E-state index in [1.165, 1.54) is 0 Å². The molecule has 1 N–H and O–H groups in total. The predicted molar refractivity (Wildman–Crippen MR) is 81.7 cm³/mol. The van der Waals surface area contributed by atoms with Crippen LogP contribution in [-0.4, -0.2) is 30.7 Å². The molecule has 5 heteroatoms. The Bertz CT molecular complexity index is 561. The van der Waals surface area contributed by atoms with E-state index in [9.17, 15) is 0 Å². The number of aromatic nitrogens is 2. The molecule has 112 valence electrons. The topological polar surface area (TPSA) is 56.3 Å². The van der Waals surface area contributed by atoms with Crippen molar-refractivity contribution >= 4 is 0 Å². The molecule has 1 heterocycles. The van der Waals surface area contributed by atoms with E-state index in [2.05, 4.69) is 22.2 Å². The van der Waals surface area contributed by atoms with Gasteiger partial charge >= 0.3 is 0 Å². The van der Waals surface area contributed by atoms with Gasteiger partial charge in [0.25, 0.3) is 0 Å². The first-order valence-electron chi connectivity index (χ1n) is 7.02. The van der Waals surface area contributed by atoms with Gasteiger partial charge in [-0.25, -0.2) is 0 Å². The molecule has 2 rings (SSSR count). The molecule has 0 fully saturated rings. The summed E-state index contributed by atoms with van der Waals surface area (Å²) < 4.78 is 10.9. The van der Waals surface area contributed by atoms with Gasteiger partial charge < -0.3 is 14.8 Å². The van der Waals surface area contributed by atoms with Gasteiger partial charge in [-0.2, -0.15) is 0 Å². The van der Waals surface area contributed by atoms with E-state index in [-0.39, 0.29) is 6.04 Å². The third-order valence-electron chi connectivity index (χ3n) is 3.22. The summed E-state index contributed by atoms with van der Waals surface area (Å²) in [6, 6.07) is 5.77. The molecule has 1 aromatic carbocycles. The Balaban J connectivity index is 2.46. The smallest absolute Gasteiger partial charge is 0.165 e. The second-order valence-electron chi connectivity index (χ2n) is 4.60. The van der Waals surface area contributed by atoms with Crippen LogP contribution in [0, 0.1) is 0 Å². The number of rotatable bonds is 7. The van der Waals surface area contributed by atoms with E-state index in [1.807, 2.05) is 18.2 Å². The van der Waals surface area contributed by atoms with E-state index in [0.717, 1.165) is 30.0 Å². The zero-order valence-corrected chi connectivity index (χ0v) is 12.7. The van der Waals surface area contributed by atoms with Crippen LogP contribution in [0.25, 0.3) is 0 Å². The number of benzene rings is 1.